The molecule has 0 aliphatic heterocycles. The number of fused-ring (bicyclic) bond motifs is 1. The first-order chi connectivity index (χ1) is 12.3. The van der Waals surface area contributed by atoms with Crippen LogP contribution in [0.3, 0.4) is 0 Å². The number of rotatable bonds is 4. The number of nitrogens with zero attached hydrogens (tertiary/aromatic N) is 5. The Morgan fingerprint density at radius 1 is 1.37 bits per heavy atom. The molecule has 13 heteroatoms. The molecule has 0 saturated heterocycles. The number of imidazole rings is 1. The van der Waals surface area contributed by atoms with Crippen LogP contribution in [0.15, 0.2) is 28.5 Å². The summed E-state index contributed by atoms with van der Waals surface area (Å²) in [5.41, 5.74) is 11.5. The molecule has 0 aliphatic rings. The topological polar surface area (TPSA) is 137 Å². The zero-order valence-electron chi connectivity index (χ0n) is 13.6. The Bertz CT molecular complexity index is 1090. The number of aryl methyl sites for hydroxylation is 1. The summed E-state index contributed by atoms with van der Waals surface area (Å²) >= 11 is 13.6. The Balaban J connectivity index is 0.00000261. The smallest absolute Gasteiger partial charge is 0.288 e. The Hall–Kier alpha value is -2.40. The van der Waals surface area contributed by atoms with Crippen LogP contribution < -0.4 is 11.5 Å². The fraction of sp³-hybridized carbons (Fsp3) is 0.0714. The molecule has 0 amide bonds. The third kappa shape index (κ3) is 4.14. The van der Waals surface area contributed by atoms with Crippen LogP contribution in [0.4, 0.5) is 5.69 Å². The predicted molar refractivity (Wildman–Crippen MR) is 111 cm³/mol. The second-order valence-electron chi connectivity index (χ2n) is 5.15. The molecule has 4 N–H and O–H groups in total. The van der Waals surface area contributed by atoms with Gasteiger partial charge in [0.25, 0.3) is 5.69 Å². The number of aromatic nitrogens is 2. The van der Waals surface area contributed by atoms with E-state index in [0.717, 1.165) is 4.88 Å². The highest BCUT2D eigenvalue weighted by Gasteiger charge is 2.22. The zero-order valence-corrected chi connectivity index (χ0v) is 16.7. The minimum absolute atomic E-state index is 0. The van der Waals surface area contributed by atoms with Crippen molar-refractivity contribution in [3.63, 3.8) is 0 Å². The molecule has 3 rings (SSSR count). The summed E-state index contributed by atoms with van der Waals surface area (Å²) in [6.07, 6.45) is 3.25. The second kappa shape index (κ2) is 8.09. The number of hydrogen-bond acceptors (Lipinski definition) is 6. The maximum absolute atomic E-state index is 11.2. The predicted octanol–water partition coefficient (Wildman–Crippen LogP) is 3.62. The molecule has 0 atom stereocenters. The molecule has 0 unspecified atom stereocenters. The van der Waals surface area contributed by atoms with Gasteiger partial charge in [-0.1, -0.05) is 23.2 Å². The maximum atomic E-state index is 11.2. The molecule has 142 valence electrons. The summed E-state index contributed by atoms with van der Waals surface area (Å²) in [5.74, 6) is -0.203. The molecule has 27 heavy (non-hydrogen) atoms. The molecular formula is C14H12Cl3N7O2S. The van der Waals surface area contributed by atoms with Gasteiger partial charge in [-0.05, 0) is 13.0 Å². The van der Waals surface area contributed by atoms with Gasteiger partial charge in [-0.15, -0.1) is 28.8 Å². The molecule has 9 nitrogen and oxygen atoms in total. The molecular weight excluding hydrogens is 437 g/mol. The highest BCUT2D eigenvalue weighted by atomic mass is 35.5. The Morgan fingerprint density at radius 3 is 2.70 bits per heavy atom. The van der Waals surface area contributed by atoms with E-state index in [1.165, 1.54) is 29.7 Å². The van der Waals surface area contributed by atoms with Crippen molar-refractivity contribution in [2.45, 2.75) is 6.92 Å². The Kier molecular flexibility index (Phi) is 6.26. The van der Waals surface area contributed by atoms with E-state index in [1.807, 2.05) is 13.1 Å². The van der Waals surface area contributed by atoms with E-state index in [0.29, 0.717) is 21.9 Å². The van der Waals surface area contributed by atoms with E-state index in [9.17, 15) is 10.1 Å². The van der Waals surface area contributed by atoms with E-state index in [-0.39, 0.29) is 34.1 Å². The lowest BCUT2D eigenvalue weighted by atomic mass is 10.1. The quantitative estimate of drug-likeness (QED) is 0.272. The zero-order chi connectivity index (χ0) is 19.0. The minimum atomic E-state index is -0.585. The second-order valence-corrected chi connectivity index (χ2v) is 7.18. The number of nitro benzene ring substituents is 1. The SMILES string of the molecule is Cc1cn2c(/C=N/N=C(N)N)c(-c3cc([N+](=O)[O-])c(Cl)cc3Cl)nc2s1.Cl. The third-order valence-corrected chi connectivity index (χ3v) is 4.83. The van der Waals surface area contributed by atoms with E-state index >= 15 is 0 Å². The standard InChI is InChI=1S/C14H11Cl2N7O2S.ClH/c1-6-5-22-11(4-19-21-13(17)18)12(20-14(22)26-6)7-2-10(23(24)25)9(16)3-8(7)15;/h2-5H,1H3,(H4,17,18,21);1H/b19-4+;. The van der Waals surface area contributed by atoms with Gasteiger partial charge in [0.15, 0.2) is 4.96 Å². The average molecular weight is 449 g/mol. The first-order valence-electron chi connectivity index (χ1n) is 7.02. The van der Waals surface area contributed by atoms with Crippen molar-refractivity contribution in [1.29, 1.82) is 0 Å². The van der Waals surface area contributed by atoms with Crippen molar-refractivity contribution >= 4 is 69.8 Å². The Morgan fingerprint density at radius 2 is 2.07 bits per heavy atom. The highest BCUT2D eigenvalue weighted by molar-refractivity contribution is 7.17. The van der Waals surface area contributed by atoms with E-state index in [4.69, 9.17) is 34.7 Å². The van der Waals surface area contributed by atoms with Crippen LogP contribution >= 0.6 is 46.9 Å². The van der Waals surface area contributed by atoms with Gasteiger partial charge < -0.3 is 11.5 Å². The van der Waals surface area contributed by atoms with E-state index in [1.54, 1.807) is 4.40 Å². The molecule has 1 aromatic carbocycles. The number of guanidine groups is 1. The van der Waals surface area contributed by atoms with Crippen LogP contribution in [0.2, 0.25) is 10.0 Å². The number of halogens is 3. The lowest BCUT2D eigenvalue weighted by Gasteiger charge is -2.04. The van der Waals surface area contributed by atoms with Crippen molar-refractivity contribution in [3.8, 4) is 11.3 Å². The molecule has 3 aromatic rings. The van der Waals surface area contributed by atoms with Gasteiger partial charge in [0, 0.05) is 22.7 Å². The molecule has 0 fully saturated rings. The molecule has 0 radical (unpaired) electrons. The molecule has 2 heterocycles. The fourth-order valence-electron chi connectivity index (χ4n) is 2.30. The van der Waals surface area contributed by atoms with Crippen LogP contribution in [0, 0.1) is 17.0 Å². The van der Waals surface area contributed by atoms with Gasteiger partial charge in [0.2, 0.25) is 5.96 Å². The normalized spacial score (nSPS) is 10.9. The fourth-order valence-corrected chi connectivity index (χ4v) is 3.68. The lowest BCUT2D eigenvalue weighted by molar-refractivity contribution is -0.384. The van der Waals surface area contributed by atoms with Crippen molar-refractivity contribution < 1.29 is 4.92 Å². The number of benzene rings is 1. The largest absolute Gasteiger partial charge is 0.369 e. The number of thiazole rings is 1. The molecule has 0 saturated carbocycles. The van der Waals surface area contributed by atoms with Crippen LogP contribution in [-0.4, -0.2) is 26.5 Å². The molecule has 2 aromatic heterocycles. The summed E-state index contributed by atoms with van der Waals surface area (Å²) in [5, 5.41) is 18.7. The van der Waals surface area contributed by atoms with Crippen molar-refractivity contribution in [2.75, 3.05) is 0 Å². The maximum Gasteiger partial charge on any atom is 0.288 e. The van der Waals surface area contributed by atoms with Gasteiger partial charge in [0.05, 0.1) is 21.9 Å². The first-order valence-corrected chi connectivity index (χ1v) is 8.59. The summed E-state index contributed by atoms with van der Waals surface area (Å²) in [6, 6.07) is 2.59. The van der Waals surface area contributed by atoms with Gasteiger partial charge in [-0.25, -0.2) is 4.98 Å². The summed E-state index contributed by atoms with van der Waals surface area (Å²) in [4.78, 5) is 16.8. The molecule has 0 spiro atoms. The summed E-state index contributed by atoms with van der Waals surface area (Å²) < 4.78 is 1.78. The molecule has 0 aliphatic carbocycles. The Labute approximate surface area is 172 Å². The van der Waals surface area contributed by atoms with Crippen molar-refractivity contribution in [1.82, 2.24) is 9.38 Å². The van der Waals surface area contributed by atoms with E-state index in [2.05, 4.69) is 15.2 Å². The van der Waals surface area contributed by atoms with Crippen molar-refractivity contribution in [3.05, 3.63) is 49.1 Å². The van der Waals surface area contributed by atoms with Gasteiger partial charge in [-0.3, -0.25) is 14.5 Å². The van der Waals surface area contributed by atoms with Gasteiger partial charge >= 0.3 is 0 Å². The van der Waals surface area contributed by atoms with Gasteiger partial charge in [-0.2, -0.15) is 5.10 Å². The lowest BCUT2D eigenvalue weighted by Crippen LogP contribution is -2.21. The number of nitro groups is 1. The van der Waals surface area contributed by atoms with Crippen LogP contribution in [-0.2, 0) is 0 Å². The minimum Gasteiger partial charge on any atom is -0.369 e. The summed E-state index contributed by atoms with van der Waals surface area (Å²) in [6.45, 7) is 1.93. The first kappa shape index (κ1) is 20.9. The highest BCUT2D eigenvalue weighted by Crippen LogP contribution is 2.38. The van der Waals surface area contributed by atoms with Crippen LogP contribution in [0.5, 0.6) is 0 Å². The van der Waals surface area contributed by atoms with E-state index < -0.39 is 4.92 Å². The van der Waals surface area contributed by atoms with Gasteiger partial charge in [0.1, 0.15) is 10.7 Å². The average Bonchev–Trinajstić information content (AvgIpc) is 3.04. The third-order valence-electron chi connectivity index (χ3n) is 3.32. The van der Waals surface area contributed by atoms with Crippen LogP contribution in [0.1, 0.15) is 10.6 Å². The number of hydrogen-bond donors (Lipinski definition) is 2. The van der Waals surface area contributed by atoms with Crippen LogP contribution in [0.25, 0.3) is 16.2 Å². The molecule has 0 bridgehead atoms. The van der Waals surface area contributed by atoms with Crippen molar-refractivity contribution in [2.24, 2.45) is 21.7 Å². The summed E-state index contributed by atoms with van der Waals surface area (Å²) in [7, 11) is 0. The number of nitrogens with two attached hydrogens (primary N) is 2. The monoisotopic (exact) mass is 447 g/mol.